The summed E-state index contributed by atoms with van der Waals surface area (Å²) in [6.45, 7) is 5.69. The van der Waals surface area contributed by atoms with Crippen molar-refractivity contribution in [3.05, 3.63) is 64.8 Å². The molecule has 0 unspecified atom stereocenters. The fraction of sp³-hybridized carbons (Fsp3) is 0.348. The molecule has 1 fully saturated rings. The van der Waals surface area contributed by atoms with E-state index in [2.05, 4.69) is 15.5 Å². The van der Waals surface area contributed by atoms with Crippen LogP contribution in [-0.4, -0.2) is 28.3 Å². The second kappa shape index (κ2) is 8.43. The highest BCUT2D eigenvalue weighted by atomic mass is 35.5. The number of nitrogens with one attached hydrogen (secondary N) is 1. The molecule has 1 aliphatic rings. The van der Waals surface area contributed by atoms with Crippen LogP contribution in [0.15, 0.2) is 46.9 Å². The zero-order chi connectivity index (χ0) is 22.9. The Bertz CT molecular complexity index is 1130. The predicted molar refractivity (Wildman–Crippen MR) is 116 cm³/mol. The van der Waals surface area contributed by atoms with Gasteiger partial charge in [-0.3, -0.25) is 4.79 Å². The van der Waals surface area contributed by atoms with E-state index < -0.39 is 11.4 Å². The maximum atomic E-state index is 13.5. The molecular formula is C23H23ClFN3O4. The summed E-state index contributed by atoms with van der Waals surface area (Å²) in [6.07, 6.45) is 1.28. The van der Waals surface area contributed by atoms with Crippen molar-refractivity contribution in [3.8, 4) is 17.6 Å². The number of aromatic nitrogens is 2. The SMILES string of the molecule is Cc1ccc(Oc2nnc(C3(C)CC(C)(NC(=O)COc4ccc(Cl)c(F)c4)C3)o2)cc1. The van der Waals surface area contributed by atoms with Crippen LogP contribution in [0.25, 0.3) is 0 Å². The second-order valence-corrected chi connectivity index (χ2v) is 9.08. The van der Waals surface area contributed by atoms with Gasteiger partial charge in [0.05, 0.1) is 10.4 Å². The maximum absolute atomic E-state index is 13.5. The summed E-state index contributed by atoms with van der Waals surface area (Å²) in [5.41, 5.74) is 0.286. The molecule has 168 valence electrons. The largest absolute Gasteiger partial charge is 0.484 e. The third kappa shape index (κ3) is 4.85. The lowest BCUT2D eigenvalue weighted by Crippen LogP contribution is -2.61. The Morgan fingerprint density at radius 3 is 2.53 bits per heavy atom. The zero-order valence-corrected chi connectivity index (χ0v) is 18.7. The number of nitrogens with zero attached hydrogens (tertiary/aromatic N) is 2. The molecule has 1 aromatic heterocycles. The lowest BCUT2D eigenvalue weighted by Gasteiger charge is -2.51. The first-order valence-corrected chi connectivity index (χ1v) is 10.5. The smallest absolute Gasteiger partial charge is 0.420 e. The van der Waals surface area contributed by atoms with Gasteiger partial charge in [0.15, 0.2) is 6.61 Å². The first-order valence-electron chi connectivity index (χ1n) is 10.1. The highest BCUT2D eigenvalue weighted by Crippen LogP contribution is 2.49. The Labute approximate surface area is 189 Å². The summed E-state index contributed by atoms with van der Waals surface area (Å²) in [5.74, 6) is 0.398. The van der Waals surface area contributed by atoms with Gasteiger partial charge in [-0.15, -0.1) is 5.10 Å². The predicted octanol–water partition coefficient (Wildman–Crippen LogP) is 4.97. The molecule has 9 heteroatoms. The van der Waals surface area contributed by atoms with Crippen molar-refractivity contribution in [3.63, 3.8) is 0 Å². The average molecular weight is 460 g/mol. The van der Waals surface area contributed by atoms with E-state index in [0.29, 0.717) is 24.5 Å². The second-order valence-electron chi connectivity index (χ2n) is 8.68. The van der Waals surface area contributed by atoms with E-state index >= 15 is 0 Å². The van der Waals surface area contributed by atoms with Gasteiger partial charge < -0.3 is 19.2 Å². The highest BCUT2D eigenvalue weighted by Gasteiger charge is 2.53. The van der Waals surface area contributed by atoms with E-state index in [9.17, 15) is 9.18 Å². The number of rotatable bonds is 7. The van der Waals surface area contributed by atoms with Gasteiger partial charge in [0.1, 0.15) is 17.3 Å². The fourth-order valence-corrected chi connectivity index (χ4v) is 4.32. The van der Waals surface area contributed by atoms with Crippen LogP contribution in [-0.2, 0) is 10.2 Å². The first kappa shape index (κ1) is 22.1. The van der Waals surface area contributed by atoms with Gasteiger partial charge in [-0.2, -0.15) is 0 Å². The Hall–Kier alpha value is -3.13. The van der Waals surface area contributed by atoms with Crippen LogP contribution in [0.2, 0.25) is 5.02 Å². The van der Waals surface area contributed by atoms with E-state index in [1.165, 1.54) is 12.1 Å². The minimum atomic E-state index is -0.600. The van der Waals surface area contributed by atoms with Gasteiger partial charge in [0.25, 0.3) is 5.91 Å². The van der Waals surface area contributed by atoms with E-state index in [0.717, 1.165) is 11.6 Å². The van der Waals surface area contributed by atoms with Crippen molar-refractivity contribution < 1.29 is 23.1 Å². The number of hydrogen-bond donors (Lipinski definition) is 1. The molecule has 2 aromatic carbocycles. The van der Waals surface area contributed by atoms with Crippen molar-refractivity contribution in [1.29, 1.82) is 0 Å². The summed E-state index contributed by atoms with van der Waals surface area (Å²) >= 11 is 5.65. The van der Waals surface area contributed by atoms with E-state index in [-0.39, 0.29) is 34.8 Å². The molecule has 0 bridgehead atoms. The van der Waals surface area contributed by atoms with Gasteiger partial charge in [-0.25, -0.2) is 4.39 Å². The van der Waals surface area contributed by atoms with Gasteiger partial charge >= 0.3 is 6.08 Å². The molecule has 1 aliphatic carbocycles. The minimum absolute atomic E-state index is 0.00323. The monoisotopic (exact) mass is 459 g/mol. The molecular weight excluding hydrogens is 437 g/mol. The molecule has 0 aliphatic heterocycles. The number of halogens is 2. The molecule has 1 saturated carbocycles. The van der Waals surface area contributed by atoms with E-state index in [4.69, 9.17) is 25.5 Å². The molecule has 7 nitrogen and oxygen atoms in total. The van der Waals surface area contributed by atoms with Crippen LogP contribution in [0.1, 0.15) is 38.1 Å². The quantitative estimate of drug-likeness (QED) is 0.537. The minimum Gasteiger partial charge on any atom is -0.484 e. The first-order chi connectivity index (χ1) is 15.1. The summed E-state index contributed by atoms with van der Waals surface area (Å²) < 4.78 is 30.2. The van der Waals surface area contributed by atoms with Crippen LogP contribution < -0.4 is 14.8 Å². The van der Waals surface area contributed by atoms with Crippen molar-refractivity contribution in [1.82, 2.24) is 15.5 Å². The van der Waals surface area contributed by atoms with Crippen LogP contribution in [0.5, 0.6) is 17.6 Å². The fourth-order valence-electron chi connectivity index (χ4n) is 4.20. The Balaban J connectivity index is 1.30. The van der Waals surface area contributed by atoms with E-state index in [1.54, 1.807) is 0 Å². The summed E-state index contributed by atoms with van der Waals surface area (Å²) in [5, 5.41) is 11.1. The van der Waals surface area contributed by atoms with Crippen LogP contribution in [0.3, 0.4) is 0 Å². The van der Waals surface area contributed by atoms with E-state index in [1.807, 2.05) is 45.0 Å². The highest BCUT2D eigenvalue weighted by molar-refractivity contribution is 6.30. The summed E-state index contributed by atoms with van der Waals surface area (Å²) in [6, 6.07) is 11.6. The number of benzene rings is 2. The van der Waals surface area contributed by atoms with Gasteiger partial charge in [0.2, 0.25) is 5.89 Å². The van der Waals surface area contributed by atoms with Crippen LogP contribution in [0.4, 0.5) is 4.39 Å². The standard InChI is InChI=1S/C23H23ClFN3O4/c1-14-4-6-15(7-5-14)31-21-28-27-20(32-21)22(2)12-23(3,13-22)26-19(29)11-30-16-8-9-17(24)18(25)10-16/h4-10H,11-13H2,1-3H3,(H,26,29). The number of aryl methyl sites for hydroxylation is 1. The third-order valence-electron chi connectivity index (χ3n) is 5.41. The molecule has 1 amide bonds. The molecule has 32 heavy (non-hydrogen) atoms. The maximum Gasteiger partial charge on any atom is 0.420 e. The van der Waals surface area contributed by atoms with Crippen molar-refractivity contribution >= 4 is 17.5 Å². The van der Waals surface area contributed by atoms with Crippen LogP contribution >= 0.6 is 11.6 Å². The lowest BCUT2D eigenvalue weighted by molar-refractivity contribution is -0.127. The summed E-state index contributed by atoms with van der Waals surface area (Å²) in [7, 11) is 0. The van der Waals surface area contributed by atoms with Crippen molar-refractivity contribution in [2.24, 2.45) is 0 Å². The summed E-state index contributed by atoms with van der Waals surface area (Å²) in [4.78, 5) is 12.3. The topological polar surface area (TPSA) is 86.5 Å². The number of carbonyl (C=O) groups is 1. The molecule has 0 radical (unpaired) electrons. The third-order valence-corrected chi connectivity index (χ3v) is 5.72. The van der Waals surface area contributed by atoms with Gasteiger partial charge in [-0.05, 0) is 51.0 Å². The normalized spacial score (nSPS) is 22.2. The molecule has 4 rings (SSSR count). The van der Waals surface area contributed by atoms with Gasteiger partial charge in [0, 0.05) is 11.6 Å². The van der Waals surface area contributed by atoms with Gasteiger partial charge in [-0.1, -0.05) is 41.3 Å². The molecule has 0 saturated heterocycles. The number of carbonyl (C=O) groups excluding carboxylic acids is 1. The number of ether oxygens (including phenoxy) is 2. The Morgan fingerprint density at radius 2 is 1.84 bits per heavy atom. The number of hydrogen-bond acceptors (Lipinski definition) is 6. The Kier molecular flexibility index (Phi) is 5.81. The van der Waals surface area contributed by atoms with Crippen LogP contribution in [0, 0.1) is 12.7 Å². The molecule has 0 spiro atoms. The number of amides is 1. The average Bonchev–Trinajstić information content (AvgIpc) is 3.18. The molecule has 3 aromatic rings. The zero-order valence-electron chi connectivity index (χ0n) is 17.9. The van der Waals surface area contributed by atoms with Crippen molar-refractivity contribution in [2.75, 3.05) is 6.61 Å². The molecule has 1 heterocycles. The molecule has 0 atom stereocenters. The lowest BCUT2D eigenvalue weighted by atomic mass is 9.59. The Morgan fingerprint density at radius 1 is 1.16 bits per heavy atom. The van der Waals surface area contributed by atoms with Crippen molar-refractivity contribution in [2.45, 2.75) is 44.6 Å². The molecule has 1 N–H and O–H groups in total.